The van der Waals surface area contributed by atoms with E-state index in [1.54, 1.807) is 12.1 Å². The standard InChI is InChI=1S/C13H11ClFN3O/c14-11-7-9(16)3-6-12(11)18-13(19)17-10-4-1-8(15)2-5-10/h1-7H,16H2,(H2,17,18,19). The average molecular weight is 280 g/mol. The van der Waals surface area contributed by atoms with Crippen LogP contribution in [0.3, 0.4) is 0 Å². The molecular weight excluding hydrogens is 269 g/mol. The van der Waals surface area contributed by atoms with Crippen LogP contribution in [-0.4, -0.2) is 6.03 Å². The Bertz CT molecular complexity index is 601. The summed E-state index contributed by atoms with van der Waals surface area (Å²) < 4.78 is 12.7. The first kappa shape index (κ1) is 13.2. The monoisotopic (exact) mass is 279 g/mol. The second kappa shape index (κ2) is 5.58. The third kappa shape index (κ3) is 3.59. The van der Waals surface area contributed by atoms with Gasteiger partial charge >= 0.3 is 6.03 Å². The maximum Gasteiger partial charge on any atom is 0.323 e. The molecule has 0 aromatic heterocycles. The van der Waals surface area contributed by atoms with Crippen LogP contribution in [0.4, 0.5) is 26.2 Å². The smallest absolute Gasteiger partial charge is 0.323 e. The molecule has 0 aliphatic heterocycles. The number of hydrogen-bond donors (Lipinski definition) is 3. The van der Waals surface area contributed by atoms with Gasteiger partial charge in [0.1, 0.15) is 5.82 Å². The summed E-state index contributed by atoms with van der Waals surface area (Å²) in [5.74, 6) is -0.368. The van der Waals surface area contributed by atoms with Crippen LogP contribution in [0.2, 0.25) is 5.02 Å². The van der Waals surface area contributed by atoms with Crippen molar-refractivity contribution in [2.24, 2.45) is 0 Å². The van der Waals surface area contributed by atoms with Crippen molar-refractivity contribution in [3.8, 4) is 0 Å². The van der Waals surface area contributed by atoms with Gasteiger partial charge in [-0.2, -0.15) is 0 Å². The highest BCUT2D eigenvalue weighted by Gasteiger charge is 2.06. The van der Waals surface area contributed by atoms with E-state index in [1.165, 1.54) is 30.3 Å². The number of carbonyl (C=O) groups excluding carboxylic acids is 1. The zero-order valence-corrected chi connectivity index (χ0v) is 10.5. The molecule has 2 rings (SSSR count). The Morgan fingerprint density at radius 3 is 2.42 bits per heavy atom. The first-order chi connectivity index (χ1) is 9.04. The maximum atomic E-state index is 12.7. The van der Waals surface area contributed by atoms with Gasteiger partial charge in [-0.1, -0.05) is 11.6 Å². The molecule has 0 fully saturated rings. The summed E-state index contributed by atoms with van der Waals surface area (Å²) in [5, 5.41) is 5.46. The van der Waals surface area contributed by atoms with Crippen molar-refractivity contribution in [3.63, 3.8) is 0 Å². The van der Waals surface area contributed by atoms with Crippen LogP contribution in [-0.2, 0) is 0 Å². The fourth-order valence-corrected chi connectivity index (χ4v) is 1.69. The van der Waals surface area contributed by atoms with Crippen LogP contribution < -0.4 is 16.4 Å². The zero-order valence-electron chi connectivity index (χ0n) is 9.78. The van der Waals surface area contributed by atoms with Crippen molar-refractivity contribution < 1.29 is 9.18 Å². The van der Waals surface area contributed by atoms with Gasteiger partial charge in [-0.15, -0.1) is 0 Å². The van der Waals surface area contributed by atoms with Crippen molar-refractivity contribution in [2.45, 2.75) is 0 Å². The van der Waals surface area contributed by atoms with E-state index < -0.39 is 6.03 Å². The molecule has 0 heterocycles. The number of carbonyl (C=O) groups is 1. The molecule has 0 spiro atoms. The fourth-order valence-electron chi connectivity index (χ4n) is 1.45. The highest BCUT2D eigenvalue weighted by molar-refractivity contribution is 6.34. The van der Waals surface area contributed by atoms with Crippen LogP contribution >= 0.6 is 11.6 Å². The van der Waals surface area contributed by atoms with Crippen LogP contribution in [0, 0.1) is 5.82 Å². The molecule has 0 saturated heterocycles. The molecule has 0 aliphatic rings. The minimum Gasteiger partial charge on any atom is -0.399 e. The number of nitrogens with one attached hydrogen (secondary N) is 2. The summed E-state index contributed by atoms with van der Waals surface area (Å²) >= 11 is 5.93. The lowest BCUT2D eigenvalue weighted by atomic mass is 10.3. The lowest BCUT2D eigenvalue weighted by Crippen LogP contribution is -2.19. The lowest BCUT2D eigenvalue weighted by molar-refractivity contribution is 0.262. The zero-order chi connectivity index (χ0) is 13.8. The molecule has 4 N–H and O–H groups in total. The largest absolute Gasteiger partial charge is 0.399 e. The Labute approximate surface area is 114 Å². The molecule has 98 valence electrons. The van der Waals surface area contributed by atoms with E-state index in [0.29, 0.717) is 22.1 Å². The number of nitrogens with two attached hydrogens (primary N) is 1. The quantitative estimate of drug-likeness (QED) is 0.734. The molecule has 0 saturated carbocycles. The van der Waals surface area contributed by atoms with Crippen LogP contribution in [0.5, 0.6) is 0 Å². The Morgan fingerprint density at radius 2 is 1.79 bits per heavy atom. The van der Waals surface area contributed by atoms with Crippen LogP contribution in [0.1, 0.15) is 0 Å². The van der Waals surface area contributed by atoms with Gasteiger partial charge in [-0.05, 0) is 42.5 Å². The molecule has 6 heteroatoms. The molecule has 0 bridgehead atoms. The second-order valence-electron chi connectivity index (χ2n) is 3.83. The van der Waals surface area contributed by atoms with Crippen molar-refractivity contribution in [2.75, 3.05) is 16.4 Å². The summed E-state index contributed by atoms with van der Waals surface area (Å²) in [4.78, 5) is 11.7. The van der Waals surface area contributed by atoms with Crippen molar-refractivity contribution in [1.29, 1.82) is 0 Å². The Balaban J connectivity index is 2.03. The number of benzene rings is 2. The van der Waals surface area contributed by atoms with Gasteiger partial charge in [0.25, 0.3) is 0 Å². The minimum absolute atomic E-state index is 0.342. The summed E-state index contributed by atoms with van der Waals surface area (Å²) in [6, 6.07) is 9.71. The molecule has 2 amide bonds. The predicted octanol–water partition coefficient (Wildman–Crippen LogP) is 3.71. The van der Waals surface area contributed by atoms with Gasteiger partial charge in [-0.25, -0.2) is 9.18 Å². The summed E-state index contributed by atoms with van der Waals surface area (Å²) in [5.41, 5.74) is 6.97. The second-order valence-corrected chi connectivity index (χ2v) is 4.23. The van der Waals surface area contributed by atoms with Crippen molar-refractivity contribution in [3.05, 3.63) is 53.3 Å². The Kier molecular flexibility index (Phi) is 3.87. The Morgan fingerprint density at radius 1 is 1.11 bits per heavy atom. The third-order valence-corrected chi connectivity index (χ3v) is 2.66. The molecule has 0 aliphatic carbocycles. The van der Waals surface area contributed by atoms with E-state index in [1.807, 2.05) is 0 Å². The van der Waals surface area contributed by atoms with Gasteiger partial charge < -0.3 is 16.4 Å². The van der Waals surface area contributed by atoms with E-state index in [2.05, 4.69) is 10.6 Å². The molecule has 19 heavy (non-hydrogen) atoms. The van der Waals surface area contributed by atoms with Gasteiger partial charge in [0.2, 0.25) is 0 Å². The van der Waals surface area contributed by atoms with Crippen molar-refractivity contribution >= 4 is 34.7 Å². The topological polar surface area (TPSA) is 67.1 Å². The minimum atomic E-state index is -0.474. The number of urea groups is 1. The number of halogens is 2. The lowest BCUT2D eigenvalue weighted by Gasteiger charge is -2.09. The maximum absolute atomic E-state index is 12.7. The summed E-state index contributed by atoms with van der Waals surface area (Å²) in [7, 11) is 0. The number of hydrogen-bond acceptors (Lipinski definition) is 2. The number of anilines is 3. The molecule has 4 nitrogen and oxygen atoms in total. The molecule has 0 unspecified atom stereocenters. The molecule has 2 aromatic rings. The van der Waals surface area contributed by atoms with Gasteiger partial charge in [0.05, 0.1) is 10.7 Å². The molecule has 0 radical (unpaired) electrons. The Hall–Kier alpha value is -2.27. The highest BCUT2D eigenvalue weighted by Crippen LogP contribution is 2.24. The van der Waals surface area contributed by atoms with Crippen LogP contribution in [0.15, 0.2) is 42.5 Å². The van der Waals surface area contributed by atoms with E-state index in [0.717, 1.165) is 0 Å². The number of rotatable bonds is 2. The normalized spacial score (nSPS) is 10.0. The van der Waals surface area contributed by atoms with Crippen molar-refractivity contribution in [1.82, 2.24) is 0 Å². The van der Waals surface area contributed by atoms with Crippen LogP contribution in [0.25, 0.3) is 0 Å². The molecular formula is C13H11ClFN3O. The van der Waals surface area contributed by atoms with E-state index >= 15 is 0 Å². The highest BCUT2D eigenvalue weighted by atomic mass is 35.5. The summed E-state index contributed by atoms with van der Waals surface area (Å²) in [6.07, 6.45) is 0. The first-order valence-electron chi connectivity index (χ1n) is 5.43. The summed E-state index contributed by atoms with van der Waals surface area (Å²) in [6.45, 7) is 0. The molecule has 0 atom stereocenters. The fraction of sp³-hybridized carbons (Fsp3) is 0. The number of nitrogen functional groups attached to an aromatic ring is 1. The van der Waals surface area contributed by atoms with Gasteiger partial charge in [0, 0.05) is 11.4 Å². The van der Waals surface area contributed by atoms with Gasteiger partial charge in [0.15, 0.2) is 0 Å². The first-order valence-corrected chi connectivity index (χ1v) is 5.81. The third-order valence-electron chi connectivity index (χ3n) is 2.34. The number of amides is 2. The SMILES string of the molecule is Nc1ccc(NC(=O)Nc2ccc(F)cc2)c(Cl)c1. The predicted molar refractivity (Wildman–Crippen MR) is 74.9 cm³/mol. The van der Waals surface area contributed by atoms with E-state index in [-0.39, 0.29) is 5.82 Å². The van der Waals surface area contributed by atoms with E-state index in [4.69, 9.17) is 17.3 Å². The van der Waals surface area contributed by atoms with Gasteiger partial charge in [-0.3, -0.25) is 0 Å². The average Bonchev–Trinajstić information content (AvgIpc) is 2.36. The van der Waals surface area contributed by atoms with E-state index in [9.17, 15) is 9.18 Å². The molecule has 2 aromatic carbocycles.